The van der Waals surface area contributed by atoms with Crippen LogP contribution in [0.15, 0.2) is 71.2 Å². The number of carbonyl (C=O) groups excluding carboxylic acids is 1. The van der Waals surface area contributed by atoms with Crippen molar-refractivity contribution < 1.29 is 19.0 Å². The van der Waals surface area contributed by atoms with Gasteiger partial charge in [0.05, 0.1) is 25.9 Å². The van der Waals surface area contributed by atoms with E-state index in [1.807, 2.05) is 32.9 Å². The normalized spacial score (nSPS) is 20.7. The van der Waals surface area contributed by atoms with Gasteiger partial charge < -0.3 is 19.1 Å². The van der Waals surface area contributed by atoms with E-state index in [-0.39, 0.29) is 24.0 Å². The fourth-order valence-corrected chi connectivity index (χ4v) is 5.08. The second kappa shape index (κ2) is 11.1. The molecule has 0 radical (unpaired) electrons. The van der Waals surface area contributed by atoms with E-state index in [0.717, 1.165) is 10.0 Å². The highest BCUT2D eigenvalue weighted by Gasteiger charge is 2.41. The summed E-state index contributed by atoms with van der Waals surface area (Å²) in [6.07, 6.45) is -0.517. The van der Waals surface area contributed by atoms with Crippen LogP contribution in [0.2, 0.25) is 0 Å². The zero-order valence-corrected chi connectivity index (χ0v) is 22.5. The summed E-state index contributed by atoms with van der Waals surface area (Å²) in [7, 11) is 1.70. The molecule has 0 spiro atoms. The Morgan fingerprint density at radius 3 is 2.40 bits per heavy atom. The van der Waals surface area contributed by atoms with Crippen LogP contribution in [0.3, 0.4) is 0 Å². The number of piperidine rings is 1. The van der Waals surface area contributed by atoms with Crippen LogP contribution in [0, 0.1) is 5.92 Å². The molecule has 0 aliphatic carbocycles. The Hall–Kier alpha value is -2.41. The van der Waals surface area contributed by atoms with E-state index in [0.29, 0.717) is 26.3 Å². The van der Waals surface area contributed by atoms with Gasteiger partial charge in [-0.3, -0.25) is 0 Å². The first-order valence-electron chi connectivity index (χ1n) is 12.0. The molecule has 3 aromatic rings. The number of likely N-dealkylation sites (tertiary alicyclic amines) is 1. The van der Waals surface area contributed by atoms with Crippen molar-refractivity contribution in [1.82, 2.24) is 4.90 Å². The molecule has 1 aliphatic heterocycles. The predicted octanol–water partition coefficient (Wildman–Crippen LogP) is 6.78. The molecule has 0 bridgehead atoms. The van der Waals surface area contributed by atoms with Crippen molar-refractivity contribution in [3.63, 3.8) is 0 Å². The maximum Gasteiger partial charge on any atom is 0.410 e. The Bertz CT molecular complexity index is 1140. The first kappa shape index (κ1) is 25.7. The minimum atomic E-state index is -0.558. The van der Waals surface area contributed by atoms with Crippen molar-refractivity contribution in [3.8, 4) is 0 Å². The van der Waals surface area contributed by atoms with Crippen molar-refractivity contribution in [2.45, 2.75) is 45.0 Å². The lowest BCUT2D eigenvalue weighted by Crippen LogP contribution is -2.53. The highest BCUT2D eigenvalue weighted by Crippen LogP contribution is 2.37. The molecule has 0 N–H and O–H groups in total. The second-order valence-electron chi connectivity index (χ2n) is 10.2. The molecule has 35 heavy (non-hydrogen) atoms. The second-order valence-corrected chi connectivity index (χ2v) is 11.1. The molecule has 1 aliphatic rings. The molecule has 4 rings (SSSR count). The summed E-state index contributed by atoms with van der Waals surface area (Å²) in [4.78, 5) is 14.8. The van der Waals surface area contributed by atoms with Gasteiger partial charge in [-0.1, -0.05) is 64.5 Å². The van der Waals surface area contributed by atoms with Crippen LogP contribution >= 0.6 is 15.9 Å². The largest absolute Gasteiger partial charge is 0.444 e. The van der Waals surface area contributed by atoms with E-state index in [9.17, 15) is 4.79 Å². The van der Waals surface area contributed by atoms with E-state index in [1.54, 1.807) is 12.0 Å². The van der Waals surface area contributed by atoms with Crippen molar-refractivity contribution in [1.29, 1.82) is 0 Å². The minimum Gasteiger partial charge on any atom is -0.444 e. The van der Waals surface area contributed by atoms with E-state index in [2.05, 4.69) is 70.5 Å². The zero-order valence-electron chi connectivity index (χ0n) is 20.9. The standard InChI is InChI=1S/C29H34BrNO4/c1-29(2,3)35-28(32)31-16-24(19-33-4)27(22-11-13-25(30)14-12-22)26(17-31)34-18-20-9-10-21-7-5-6-8-23(21)15-20/h5-15,24,26-27H,16-19H2,1-4H3. The first-order valence-corrected chi connectivity index (χ1v) is 12.8. The summed E-state index contributed by atoms with van der Waals surface area (Å²) in [6, 6.07) is 23.1. The van der Waals surface area contributed by atoms with Gasteiger partial charge in [0.15, 0.2) is 0 Å². The van der Waals surface area contributed by atoms with Crippen molar-refractivity contribution in [3.05, 3.63) is 82.3 Å². The van der Waals surface area contributed by atoms with Crippen LogP contribution < -0.4 is 0 Å². The number of halogens is 1. The Labute approximate surface area is 216 Å². The lowest BCUT2D eigenvalue weighted by atomic mass is 9.79. The summed E-state index contributed by atoms with van der Waals surface area (Å²) in [5.74, 6) is 0.159. The van der Waals surface area contributed by atoms with Gasteiger partial charge in [0.2, 0.25) is 0 Å². The lowest BCUT2D eigenvalue weighted by Gasteiger charge is -2.44. The topological polar surface area (TPSA) is 48.0 Å². The molecule has 1 saturated heterocycles. The molecular formula is C29H34BrNO4. The maximum absolute atomic E-state index is 13.0. The Morgan fingerprint density at radius 1 is 1.00 bits per heavy atom. The van der Waals surface area contributed by atoms with Crippen LogP contribution in [0.1, 0.15) is 37.8 Å². The molecule has 186 valence electrons. The highest BCUT2D eigenvalue weighted by atomic mass is 79.9. The van der Waals surface area contributed by atoms with Gasteiger partial charge >= 0.3 is 6.09 Å². The van der Waals surface area contributed by atoms with Gasteiger partial charge in [0, 0.05) is 30.0 Å². The third-order valence-corrected chi connectivity index (χ3v) is 6.86. The number of rotatable bonds is 6. The van der Waals surface area contributed by atoms with Crippen LogP contribution in [-0.2, 0) is 20.8 Å². The fraction of sp³-hybridized carbons (Fsp3) is 0.414. The number of methoxy groups -OCH3 is 1. The molecule has 5 nitrogen and oxygen atoms in total. The Balaban J connectivity index is 1.61. The van der Waals surface area contributed by atoms with Gasteiger partial charge in [-0.05, 0) is 60.9 Å². The molecule has 3 unspecified atom stereocenters. The summed E-state index contributed by atoms with van der Waals surface area (Å²) in [5, 5.41) is 2.40. The molecular weight excluding hydrogens is 506 g/mol. The van der Waals surface area contributed by atoms with Crippen LogP contribution in [-0.4, -0.2) is 49.5 Å². The van der Waals surface area contributed by atoms with Gasteiger partial charge in [0.25, 0.3) is 0 Å². The number of ether oxygens (including phenoxy) is 3. The number of nitrogens with zero attached hydrogens (tertiary/aromatic N) is 1. The predicted molar refractivity (Wildman–Crippen MR) is 143 cm³/mol. The van der Waals surface area contributed by atoms with Gasteiger partial charge in [-0.15, -0.1) is 0 Å². The summed E-state index contributed by atoms with van der Waals surface area (Å²) >= 11 is 3.54. The van der Waals surface area contributed by atoms with Crippen molar-refractivity contribution in [2.24, 2.45) is 5.92 Å². The molecule has 3 atom stereocenters. The average Bonchev–Trinajstić information content (AvgIpc) is 2.82. The third-order valence-electron chi connectivity index (χ3n) is 6.33. The Morgan fingerprint density at radius 2 is 1.71 bits per heavy atom. The molecule has 1 heterocycles. The van der Waals surface area contributed by atoms with E-state index in [1.165, 1.54) is 16.3 Å². The van der Waals surface area contributed by atoms with Gasteiger partial charge in [-0.2, -0.15) is 0 Å². The van der Waals surface area contributed by atoms with Crippen LogP contribution in [0.5, 0.6) is 0 Å². The highest BCUT2D eigenvalue weighted by molar-refractivity contribution is 9.10. The number of hydrogen-bond donors (Lipinski definition) is 0. The van der Waals surface area contributed by atoms with Crippen LogP contribution in [0.4, 0.5) is 4.79 Å². The molecule has 3 aromatic carbocycles. The maximum atomic E-state index is 13.0. The number of hydrogen-bond acceptors (Lipinski definition) is 4. The molecule has 6 heteroatoms. The Kier molecular flexibility index (Phi) is 8.15. The monoisotopic (exact) mass is 539 g/mol. The SMILES string of the molecule is COCC1CN(C(=O)OC(C)(C)C)CC(OCc2ccc3ccccc3c2)C1c1ccc(Br)cc1. The minimum absolute atomic E-state index is 0.0732. The molecule has 1 fully saturated rings. The van der Waals surface area contributed by atoms with Crippen LogP contribution in [0.25, 0.3) is 10.8 Å². The van der Waals surface area contributed by atoms with Crippen molar-refractivity contribution in [2.75, 3.05) is 26.8 Å². The van der Waals surface area contributed by atoms with Gasteiger partial charge in [-0.25, -0.2) is 4.79 Å². The average molecular weight is 540 g/mol. The number of amides is 1. The van der Waals surface area contributed by atoms with Gasteiger partial charge in [0.1, 0.15) is 5.60 Å². The van der Waals surface area contributed by atoms with E-state index < -0.39 is 5.60 Å². The summed E-state index contributed by atoms with van der Waals surface area (Å²) < 4.78 is 18.9. The summed E-state index contributed by atoms with van der Waals surface area (Å²) in [5.41, 5.74) is 1.73. The molecule has 0 aromatic heterocycles. The van der Waals surface area contributed by atoms with Crippen molar-refractivity contribution >= 4 is 32.8 Å². The smallest absolute Gasteiger partial charge is 0.410 e. The molecule has 1 amide bonds. The first-order chi connectivity index (χ1) is 16.7. The number of fused-ring (bicyclic) bond motifs is 1. The summed E-state index contributed by atoms with van der Waals surface area (Å²) in [6.45, 7) is 7.67. The third kappa shape index (κ3) is 6.63. The number of carbonyl (C=O) groups is 1. The molecule has 0 saturated carbocycles. The van der Waals surface area contributed by atoms with E-state index >= 15 is 0 Å². The van der Waals surface area contributed by atoms with E-state index in [4.69, 9.17) is 14.2 Å². The number of benzene rings is 3. The quantitative estimate of drug-likeness (QED) is 0.346. The zero-order chi connectivity index (χ0) is 25.0. The lowest BCUT2D eigenvalue weighted by molar-refractivity contribution is -0.0629. The fourth-order valence-electron chi connectivity index (χ4n) is 4.81.